The molecule has 0 bridgehead atoms. The monoisotopic (exact) mass is 243 g/mol. The van der Waals surface area contributed by atoms with E-state index in [1.807, 2.05) is 0 Å². The fourth-order valence-electron chi connectivity index (χ4n) is 1.95. The minimum atomic E-state index is 0.137. The number of unbranched alkanes of at least 4 members (excludes halogenated alkanes) is 2. The van der Waals surface area contributed by atoms with E-state index >= 15 is 0 Å². The zero-order valence-electron chi connectivity index (χ0n) is 10.6. The molecule has 1 saturated heterocycles. The number of nitrogens with one attached hydrogen (secondary N) is 2. The molecule has 0 spiro atoms. The molecule has 1 fully saturated rings. The lowest BCUT2D eigenvalue weighted by molar-refractivity contribution is -0.121. The molecule has 0 aromatic rings. The normalized spacial score (nSPS) is 17.0. The van der Waals surface area contributed by atoms with Gasteiger partial charge in [0.25, 0.3) is 0 Å². The Morgan fingerprint density at radius 2 is 2.00 bits per heavy atom. The molecule has 100 valence electrons. The maximum absolute atomic E-state index is 11.4. The van der Waals surface area contributed by atoms with Crippen LogP contribution in [-0.4, -0.2) is 61.8 Å². The summed E-state index contributed by atoms with van der Waals surface area (Å²) < 4.78 is 0. The highest BCUT2D eigenvalue weighted by Crippen LogP contribution is 1.98. The van der Waals surface area contributed by atoms with E-state index in [1.165, 1.54) is 0 Å². The van der Waals surface area contributed by atoms with Crippen molar-refractivity contribution in [2.45, 2.75) is 25.7 Å². The van der Waals surface area contributed by atoms with E-state index in [2.05, 4.69) is 15.5 Å². The fourth-order valence-corrected chi connectivity index (χ4v) is 1.95. The molecule has 1 aliphatic rings. The second kappa shape index (κ2) is 9.39. The number of hydrogen-bond acceptors (Lipinski definition) is 4. The maximum atomic E-state index is 11.4. The molecule has 1 aliphatic heterocycles. The first kappa shape index (κ1) is 14.4. The lowest BCUT2D eigenvalue weighted by atomic mass is 10.2. The second-order valence-electron chi connectivity index (χ2n) is 4.48. The SMILES string of the molecule is O=C(CCCCCO)NCCN1CCNCC1. The van der Waals surface area contributed by atoms with Crippen LogP contribution in [0.2, 0.25) is 0 Å². The molecule has 0 aliphatic carbocycles. The highest BCUT2D eigenvalue weighted by Gasteiger charge is 2.09. The van der Waals surface area contributed by atoms with Gasteiger partial charge in [-0.2, -0.15) is 0 Å². The Morgan fingerprint density at radius 3 is 2.71 bits per heavy atom. The minimum Gasteiger partial charge on any atom is -0.396 e. The third-order valence-electron chi connectivity index (χ3n) is 3.02. The molecule has 5 nitrogen and oxygen atoms in total. The zero-order valence-corrected chi connectivity index (χ0v) is 10.6. The van der Waals surface area contributed by atoms with E-state index in [1.54, 1.807) is 0 Å². The molecule has 0 aromatic heterocycles. The summed E-state index contributed by atoms with van der Waals surface area (Å²) in [5.41, 5.74) is 0. The van der Waals surface area contributed by atoms with Gasteiger partial charge in [0, 0.05) is 52.3 Å². The van der Waals surface area contributed by atoms with Crippen LogP contribution in [0.15, 0.2) is 0 Å². The lowest BCUT2D eigenvalue weighted by Gasteiger charge is -2.27. The van der Waals surface area contributed by atoms with Gasteiger partial charge in [-0.15, -0.1) is 0 Å². The van der Waals surface area contributed by atoms with Crippen molar-refractivity contribution in [3.8, 4) is 0 Å². The zero-order chi connectivity index (χ0) is 12.3. The average molecular weight is 243 g/mol. The van der Waals surface area contributed by atoms with Gasteiger partial charge in [0.05, 0.1) is 0 Å². The number of amides is 1. The Bertz CT molecular complexity index is 206. The highest BCUT2D eigenvalue weighted by atomic mass is 16.2. The van der Waals surface area contributed by atoms with Crippen LogP contribution in [0.5, 0.6) is 0 Å². The molecule has 1 heterocycles. The van der Waals surface area contributed by atoms with Crippen molar-refractivity contribution >= 4 is 5.91 Å². The van der Waals surface area contributed by atoms with E-state index < -0.39 is 0 Å². The topological polar surface area (TPSA) is 64.6 Å². The summed E-state index contributed by atoms with van der Waals surface area (Å²) in [7, 11) is 0. The molecular formula is C12H25N3O2. The second-order valence-corrected chi connectivity index (χ2v) is 4.48. The van der Waals surface area contributed by atoms with Gasteiger partial charge in [0.2, 0.25) is 5.91 Å². The molecule has 0 atom stereocenters. The molecule has 1 amide bonds. The molecule has 0 saturated carbocycles. The number of carbonyl (C=O) groups excluding carboxylic acids is 1. The van der Waals surface area contributed by atoms with Gasteiger partial charge in [-0.25, -0.2) is 0 Å². The van der Waals surface area contributed by atoms with Crippen molar-refractivity contribution in [1.82, 2.24) is 15.5 Å². The minimum absolute atomic E-state index is 0.137. The summed E-state index contributed by atoms with van der Waals surface area (Å²) in [6.45, 7) is 6.18. The smallest absolute Gasteiger partial charge is 0.220 e. The summed E-state index contributed by atoms with van der Waals surface area (Å²) in [6, 6.07) is 0. The highest BCUT2D eigenvalue weighted by molar-refractivity contribution is 5.75. The van der Waals surface area contributed by atoms with Crippen molar-refractivity contribution in [1.29, 1.82) is 0 Å². The standard InChI is InChI=1S/C12H25N3O2/c16-11-3-1-2-4-12(17)14-7-10-15-8-5-13-6-9-15/h13,16H,1-11H2,(H,14,17). The van der Waals surface area contributed by atoms with Crippen LogP contribution in [0.3, 0.4) is 0 Å². The first-order valence-corrected chi connectivity index (χ1v) is 6.63. The van der Waals surface area contributed by atoms with Crippen LogP contribution < -0.4 is 10.6 Å². The Labute approximate surface area is 104 Å². The van der Waals surface area contributed by atoms with Gasteiger partial charge in [0.1, 0.15) is 0 Å². The van der Waals surface area contributed by atoms with E-state index in [0.717, 1.165) is 58.5 Å². The van der Waals surface area contributed by atoms with Gasteiger partial charge < -0.3 is 15.7 Å². The van der Waals surface area contributed by atoms with Gasteiger partial charge in [-0.05, 0) is 12.8 Å². The molecule has 17 heavy (non-hydrogen) atoms. The Balaban J connectivity index is 1.92. The average Bonchev–Trinajstić information content (AvgIpc) is 2.36. The van der Waals surface area contributed by atoms with E-state index in [0.29, 0.717) is 6.42 Å². The number of rotatable bonds is 8. The van der Waals surface area contributed by atoms with Crippen LogP contribution in [-0.2, 0) is 4.79 Å². The summed E-state index contributed by atoms with van der Waals surface area (Å²) in [6.07, 6.45) is 3.19. The third kappa shape index (κ3) is 7.31. The maximum Gasteiger partial charge on any atom is 0.220 e. The Hall–Kier alpha value is -0.650. The molecule has 0 aromatic carbocycles. The molecule has 3 N–H and O–H groups in total. The molecule has 5 heteroatoms. The van der Waals surface area contributed by atoms with Gasteiger partial charge >= 0.3 is 0 Å². The number of carbonyl (C=O) groups is 1. The summed E-state index contributed by atoms with van der Waals surface area (Å²) >= 11 is 0. The van der Waals surface area contributed by atoms with Crippen LogP contribution >= 0.6 is 0 Å². The number of piperazine rings is 1. The molecule has 0 radical (unpaired) electrons. The fraction of sp³-hybridized carbons (Fsp3) is 0.917. The van der Waals surface area contributed by atoms with Crippen LogP contribution in [0, 0.1) is 0 Å². The predicted octanol–water partition coefficient (Wildman–Crippen LogP) is -0.439. The Kier molecular flexibility index (Phi) is 7.96. The summed E-state index contributed by atoms with van der Waals surface area (Å²) in [5, 5.41) is 14.9. The third-order valence-corrected chi connectivity index (χ3v) is 3.02. The largest absolute Gasteiger partial charge is 0.396 e. The lowest BCUT2D eigenvalue weighted by Crippen LogP contribution is -2.46. The van der Waals surface area contributed by atoms with E-state index in [9.17, 15) is 4.79 Å². The first-order valence-electron chi connectivity index (χ1n) is 6.63. The predicted molar refractivity (Wildman–Crippen MR) is 67.9 cm³/mol. The summed E-state index contributed by atoms with van der Waals surface area (Å²) in [4.78, 5) is 13.8. The van der Waals surface area contributed by atoms with Gasteiger partial charge in [0.15, 0.2) is 0 Å². The van der Waals surface area contributed by atoms with Crippen LogP contribution in [0.1, 0.15) is 25.7 Å². The van der Waals surface area contributed by atoms with Crippen molar-refractivity contribution in [2.24, 2.45) is 0 Å². The number of aliphatic hydroxyl groups is 1. The number of hydrogen-bond donors (Lipinski definition) is 3. The quantitative estimate of drug-likeness (QED) is 0.506. The van der Waals surface area contributed by atoms with Crippen molar-refractivity contribution in [3.63, 3.8) is 0 Å². The van der Waals surface area contributed by atoms with Crippen molar-refractivity contribution in [2.75, 3.05) is 45.9 Å². The summed E-state index contributed by atoms with van der Waals surface area (Å²) in [5.74, 6) is 0.137. The van der Waals surface area contributed by atoms with E-state index in [4.69, 9.17) is 5.11 Å². The van der Waals surface area contributed by atoms with Crippen LogP contribution in [0.4, 0.5) is 0 Å². The molecule has 1 rings (SSSR count). The van der Waals surface area contributed by atoms with Gasteiger partial charge in [-0.1, -0.05) is 6.42 Å². The first-order chi connectivity index (χ1) is 8.33. The Morgan fingerprint density at radius 1 is 1.24 bits per heavy atom. The van der Waals surface area contributed by atoms with E-state index in [-0.39, 0.29) is 12.5 Å². The van der Waals surface area contributed by atoms with Crippen LogP contribution in [0.25, 0.3) is 0 Å². The molecule has 0 unspecified atom stereocenters. The van der Waals surface area contributed by atoms with Gasteiger partial charge in [-0.3, -0.25) is 9.69 Å². The van der Waals surface area contributed by atoms with Crippen molar-refractivity contribution in [3.05, 3.63) is 0 Å². The molecular weight excluding hydrogens is 218 g/mol. The number of aliphatic hydroxyl groups excluding tert-OH is 1. The number of nitrogens with zero attached hydrogens (tertiary/aromatic N) is 1. The van der Waals surface area contributed by atoms with Crippen molar-refractivity contribution < 1.29 is 9.90 Å².